The Kier molecular flexibility index (Phi) is 4.55. The van der Waals surface area contributed by atoms with Gasteiger partial charge in [-0.15, -0.1) is 11.3 Å². The van der Waals surface area contributed by atoms with Gasteiger partial charge in [0.05, 0.1) is 15.8 Å². The largest absolute Gasteiger partial charge is 0.477 e. The number of rotatable bonds is 3. The van der Waals surface area contributed by atoms with E-state index in [1.807, 2.05) is 0 Å². The molecule has 6 N–H and O–H groups in total. The number of Topliss-reactive ketones (excluding diaryl/α,β-unsaturated/α-hetero) is 1. The third-order valence-corrected chi connectivity index (χ3v) is 6.95. The van der Waals surface area contributed by atoms with Gasteiger partial charge in [-0.05, 0) is 12.5 Å². The Labute approximate surface area is 182 Å². The van der Waals surface area contributed by atoms with Gasteiger partial charge >= 0.3 is 5.97 Å². The molecule has 1 fully saturated rings. The maximum Gasteiger partial charge on any atom is 0.342 e. The van der Waals surface area contributed by atoms with Gasteiger partial charge in [0.15, 0.2) is 17.4 Å². The zero-order valence-corrected chi connectivity index (χ0v) is 17.3. The number of pyridine rings is 1. The number of carbonyl (C=O) groups is 2. The lowest BCUT2D eigenvalue weighted by Gasteiger charge is -2.23. The Morgan fingerprint density at radius 2 is 2.03 bits per heavy atom. The van der Waals surface area contributed by atoms with Crippen molar-refractivity contribution in [2.24, 2.45) is 11.6 Å². The highest BCUT2D eigenvalue weighted by atomic mass is 32.1. The molecule has 1 atom stereocenters. The normalized spacial score (nSPS) is 18.1. The standard InChI is InChI=1S/C20H17F2N5O4S/c21-12-14(25-24)10-16(13(22)17(12)26-5-4-7(23)6-26)27-15-8(28)2-1-3-9(15)32-19(27)11(18(10)29)20(30)31/h1,3,7,25H,2,4-6,23-24H2,(H,30,31). The van der Waals surface area contributed by atoms with Crippen molar-refractivity contribution in [3.05, 3.63) is 44.1 Å². The molecule has 2 aliphatic rings. The molecule has 1 unspecified atom stereocenters. The number of hydrazine groups is 1. The van der Waals surface area contributed by atoms with Crippen LogP contribution in [-0.4, -0.2) is 40.4 Å². The van der Waals surface area contributed by atoms with Gasteiger partial charge in [-0.25, -0.2) is 13.6 Å². The minimum absolute atomic E-state index is 0.0213. The lowest BCUT2D eigenvalue weighted by molar-refractivity contribution is 0.0697. The second-order valence-electron chi connectivity index (χ2n) is 7.71. The van der Waals surface area contributed by atoms with Crippen LogP contribution >= 0.6 is 11.3 Å². The zero-order valence-electron chi connectivity index (χ0n) is 16.4. The molecular weight excluding hydrogens is 444 g/mol. The average Bonchev–Trinajstić information content (AvgIpc) is 3.32. The number of thiazole rings is 1. The van der Waals surface area contributed by atoms with E-state index in [1.165, 1.54) is 4.90 Å². The number of aromatic carboxylic acids is 1. The fourth-order valence-electron chi connectivity index (χ4n) is 4.44. The van der Waals surface area contributed by atoms with Gasteiger partial charge in [-0.2, -0.15) is 0 Å². The minimum atomic E-state index is -1.58. The number of hydrogen-bond donors (Lipinski definition) is 4. The summed E-state index contributed by atoms with van der Waals surface area (Å²) in [6.45, 7) is 0.456. The molecule has 32 heavy (non-hydrogen) atoms. The number of carboxylic acids is 1. The Morgan fingerprint density at radius 3 is 2.66 bits per heavy atom. The summed E-state index contributed by atoms with van der Waals surface area (Å²) in [6, 6.07) is -0.295. The van der Waals surface area contributed by atoms with Crippen molar-refractivity contribution in [3.8, 4) is 0 Å². The molecule has 5 rings (SSSR count). The van der Waals surface area contributed by atoms with Gasteiger partial charge in [-0.3, -0.25) is 19.8 Å². The van der Waals surface area contributed by atoms with E-state index in [9.17, 15) is 19.5 Å². The fourth-order valence-corrected chi connectivity index (χ4v) is 5.67. The lowest BCUT2D eigenvalue weighted by atomic mass is 10.0. The first-order valence-electron chi connectivity index (χ1n) is 9.72. The third-order valence-electron chi connectivity index (χ3n) is 5.82. The first-order valence-corrected chi connectivity index (χ1v) is 10.5. The molecule has 1 saturated heterocycles. The first kappa shape index (κ1) is 20.5. The van der Waals surface area contributed by atoms with Crippen molar-refractivity contribution in [1.82, 2.24) is 4.40 Å². The molecule has 0 radical (unpaired) electrons. The summed E-state index contributed by atoms with van der Waals surface area (Å²) in [5, 5.41) is 9.16. The summed E-state index contributed by atoms with van der Waals surface area (Å²) in [7, 11) is 0. The smallest absolute Gasteiger partial charge is 0.342 e. The van der Waals surface area contributed by atoms with Gasteiger partial charge in [0, 0.05) is 25.6 Å². The fraction of sp³-hybridized carbons (Fsp3) is 0.250. The maximum atomic E-state index is 16.0. The van der Waals surface area contributed by atoms with Crippen LogP contribution in [-0.2, 0) is 0 Å². The predicted molar refractivity (Wildman–Crippen MR) is 117 cm³/mol. The molecule has 12 heteroatoms. The van der Waals surface area contributed by atoms with E-state index >= 15 is 8.78 Å². The highest BCUT2D eigenvalue weighted by Gasteiger charge is 2.34. The zero-order chi connectivity index (χ0) is 22.9. The Hall–Kier alpha value is -3.35. The van der Waals surface area contributed by atoms with Gasteiger partial charge in [-0.1, -0.05) is 6.08 Å². The van der Waals surface area contributed by atoms with Crippen LogP contribution in [0.25, 0.3) is 21.8 Å². The summed E-state index contributed by atoms with van der Waals surface area (Å²) < 4.78 is 32.6. The average molecular weight is 461 g/mol. The maximum absolute atomic E-state index is 16.0. The van der Waals surface area contributed by atoms with Gasteiger partial charge < -0.3 is 21.2 Å². The summed E-state index contributed by atoms with van der Waals surface area (Å²) >= 11 is 0.881. The Morgan fingerprint density at radius 1 is 1.28 bits per heavy atom. The molecule has 0 amide bonds. The van der Waals surface area contributed by atoms with Crippen molar-refractivity contribution in [3.63, 3.8) is 0 Å². The number of carboxylic acid groups (broad SMARTS) is 1. The second kappa shape index (κ2) is 7.08. The molecule has 3 heterocycles. The van der Waals surface area contributed by atoms with E-state index in [4.69, 9.17) is 11.6 Å². The van der Waals surface area contributed by atoms with Gasteiger partial charge in [0.25, 0.3) is 0 Å². The monoisotopic (exact) mass is 461 g/mol. The van der Waals surface area contributed by atoms with E-state index in [0.29, 0.717) is 11.3 Å². The van der Waals surface area contributed by atoms with Gasteiger partial charge in [0.1, 0.15) is 27.5 Å². The predicted octanol–water partition coefficient (Wildman–Crippen LogP) is 1.91. The van der Waals surface area contributed by atoms with Crippen LogP contribution < -0.4 is 27.3 Å². The molecule has 2 aromatic heterocycles. The van der Waals surface area contributed by atoms with E-state index in [-0.39, 0.29) is 41.9 Å². The highest BCUT2D eigenvalue weighted by molar-refractivity contribution is 7.19. The minimum Gasteiger partial charge on any atom is -0.477 e. The van der Waals surface area contributed by atoms with Crippen LogP contribution in [0.2, 0.25) is 0 Å². The van der Waals surface area contributed by atoms with E-state index in [2.05, 4.69) is 5.43 Å². The number of fused-ring (bicyclic) bond motifs is 5. The van der Waals surface area contributed by atoms with Crippen molar-refractivity contribution < 1.29 is 23.5 Å². The van der Waals surface area contributed by atoms with Crippen LogP contribution in [0.1, 0.15) is 38.6 Å². The molecule has 1 aliphatic carbocycles. The molecule has 1 aromatic carbocycles. The Bertz CT molecular complexity index is 1440. The molecule has 1 aliphatic heterocycles. The number of ketones is 1. The van der Waals surface area contributed by atoms with E-state index in [1.54, 1.807) is 12.2 Å². The number of nitrogens with one attached hydrogen (secondary N) is 1. The molecule has 0 bridgehead atoms. The molecule has 0 saturated carbocycles. The number of aromatic nitrogens is 1. The summed E-state index contributed by atoms with van der Waals surface area (Å²) in [6.07, 6.45) is 3.74. The number of benzene rings is 1. The molecule has 3 aromatic rings. The third kappa shape index (κ3) is 2.63. The van der Waals surface area contributed by atoms with Crippen LogP contribution in [0.15, 0.2) is 10.9 Å². The van der Waals surface area contributed by atoms with Crippen molar-refractivity contribution in [2.75, 3.05) is 23.4 Å². The number of hydrogen-bond acceptors (Lipinski definition) is 8. The van der Waals surface area contributed by atoms with Crippen LogP contribution in [0.5, 0.6) is 0 Å². The number of halogens is 2. The Balaban J connectivity index is 2.06. The molecule has 166 valence electrons. The van der Waals surface area contributed by atoms with Crippen LogP contribution in [0, 0.1) is 11.6 Å². The van der Waals surface area contributed by atoms with Crippen molar-refractivity contribution in [2.45, 2.75) is 18.9 Å². The number of allylic oxidation sites excluding steroid dienone is 1. The topological polar surface area (TPSA) is 143 Å². The van der Waals surface area contributed by atoms with Crippen molar-refractivity contribution in [1.29, 1.82) is 0 Å². The highest BCUT2D eigenvalue weighted by Crippen LogP contribution is 2.41. The van der Waals surface area contributed by atoms with Gasteiger partial charge in [0.2, 0.25) is 5.43 Å². The molecular formula is C20H17F2N5O4S. The van der Waals surface area contributed by atoms with Crippen molar-refractivity contribution >= 4 is 56.3 Å². The molecule has 9 nitrogen and oxygen atoms in total. The second-order valence-corrected chi connectivity index (χ2v) is 8.74. The summed E-state index contributed by atoms with van der Waals surface area (Å²) in [5.41, 5.74) is 4.87. The number of carbonyl (C=O) groups excluding carboxylic acids is 1. The summed E-state index contributed by atoms with van der Waals surface area (Å²) in [4.78, 5) is 39.6. The van der Waals surface area contributed by atoms with E-state index < -0.39 is 50.9 Å². The number of anilines is 2. The van der Waals surface area contributed by atoms with Crippen LogP contribution in [0.4, 0.5) is 20.2 Å². The first-order chi connectivity index (χ1) is 15.3. The van der Waals surface area contributed by atoms with E-state index in [0.717, 1.165) is 15.7 Å². The lowest BCUT2D eigenvalue weighted by Crippen LogP contribution is -2.29. The number of nitrogens with zero attached hydrogens (tertiary/aromatic N) is 2. The quantitative estimate of drug-likeness (QED) is 0.342. The summed E-state index contributed by atoms with van der Waals surface area (Å²) in [5.74, 6) is 1.34. The SMILES string of the molecule is NNc1c(F)c(N2CCC(N)C2)c(F)c2c1c(=O)c(C(=O)O)c1sc3c(n12)C(=O)CC=C3. The number of nitrogen functional groups attached to an aromatic ring is 1. The number of nitrogens with two attached hydrogens (primary N) is 2. The molecule has 0 spiro atoms. The van der Waals surface area contributed by atoms with Crippen LogP contribution in [0.3, 0.4) is 0 Å².